The van der Waals surface area contributed by atoms with Crippen LogP contribution >= 0.6 is 22.9 Å². The molecule has 0 saturated heterocycles. The van der Waals surface area contributed by atoms with Crippen LogP contribution < -0.4 is 10.6 Å². The van der Waals surface area contributed by atoms with Gasteiger partial charge in [-0.3, -0.25) is 14.9 Å². The second-order valence-electron chi connectivity index (χ2n) is 9.08. The Morgan fingerprint density at radius 1 is 1.09 bits per heavy atom. The van der Waals surface area contributed by atoms with Crippen LogP contribution in [0.2, 0.25) is 5.02 Å². The number of benzene rings is 2. The van der Waals surface area contributed by atoms with E-state index in [0.717, 1.165) is 17.5 Å². The van der Waals surface area contributed by atoms with Crippen molar-refractivity contribution in [3.05, 3.63) is 64.7 Å². The molecule has 0 aliphatic rings. The highest BCUT2D eigenvalue weighted by atomic mass is 35.5. The molecule has 1 aromatic heterocycles. The molecule has 174 valence electrons. The molecule has 0 bridgehead atoms. The van der Waals surface area contributed by atoms with E-state index < -0.39 is 6.04 Å². The highest BCUT2D eigenvalue weighted by Crippen LogP contribution is 2.28. The lowest BCUT2D eigenvalue weighted by Crippen LogP contribution is -2.47. The highest BCUT2D eigenvalue weighted by Gasteiger charge is 2.27. The number of nitrogens with zero attached hydrogens (tertiary/aromatic N) is 2. The van der Waals surface area contributed by atoms with Crippen LogP contribution in [-0.2, 0) is 10.2 Å². The van der Waals surface area contributed by atoms with Crippen molar-refractivity contribution in [2.24, 2.45) is 5.92 Å². The van der Waals surface area contributed by atoms with Gasteiger partial charge in [0.2, 0.25) is 11.0 Å². The molecule has 0 fully saturated rings. The lowest BCUT2D eigenvalue weighted by molar-refractivity contribution is -0.119. The van der Waals surface area contributed by atoms with E-state index in [2.05, 4.69) is 41.6 Å². The van der Waals surface area contributed by atoms with Crippen molar-refractivity contribution < 1.29 is 9.59 Å². The zero-order chi connectivity index (χ0) is 24.2. The summed E-state index contributed by atoms with van der Waals surface area (Å²) in [5, 5.41) is 15.5. The Kier molecular flexibility index (Phi) is 7.87. The molecule has 1 heterocycles. The minimum absolute atomic E-state index is 0.000167. The summed E-state index contributed by atoms with van der Waals surface area (Å²) < 4.78 is 0. The summed E-state index contributed by atoms with van der Waals surface area (Å²) in [4.78, 5) is 25.9. The molecule has 3 aromatic rings. The number of nitrogens with one attached hydrogen (secondary N) is 2. The van der Waals surface area contributed by atoms with Gasteiger partial charge in [0, 0.05) is 16.1 Å². The first kappa shape index (κ1) is 24.9. The van der Waals surface area contributed by atoms with E-state index >= 15 is 0 Å². The molecule has 0 spiro atoms. The summed E-state index contributed by atoms with van der Waals surface area (Å²) in [6.45, 7) is 10.3. The van der Waals surface area contributed by atoms with Gasteiger partial charge in [-0.05, 0) is 41.2 Å². The predicted molar refractivity (Wildman–Crippen MR) is 135 cm³/mol. The third-order valence-electron chi connectivity index (χ3n) is 5.52. The number of hydrogen-bond acceptors (Lipinski definition) is 5. The Morgan fingerprint density at radius 3 is 2.39 bits per heavy atom. The molecule has 33 heavy (non-hydrogen) atoms. The van der Waals surface area contributed by atoms with Gasteiger partial charge in [0.25, 0.3) is 5.91 Å². The zero-order valence-electron chi connectivity index (χ0n) is 19.5. The molecule has 0 unspecified atom stereocenters. The van der Waals surface area contributed by atoms with Crippen LogP contribution in [0.4, 0.5) is 5.13 Å². The maximum atomic E-state index is 13.1. The summed E-state index contributed by atoms with van der Waals surface area (Å²) >= 11 is 7.31. The monoisotopic (exact) mass is 484 g/mol. The van der Waals surface area contributed by atoms with Crippen LogP contribution in [0.5, 0.6) is 0 Å². The summed E-state index contributed by atoms with van der Waals surface area (Å²) in [6.07, 6.45) is 0.727. The van der Waals surface area contributed by atoms with Crippen LogP contribution in [0.1, 0.15) is 57.0 Å². The number of anilines is 1. The fourth-order valence-electron chi connectivity index (χ4n) is 3.24. The molecule has 0 aliphatic heterocycles. The summed E-state index contributed by atoms with van der Waals surface area (Å²) in [6, 6.07) is 14.1. The van der Waals surface area contributed by atoms with E-state index in [1.807, 2.05) is 38.1 Å². The maximum Gasteiger partial charge on any atom is 0.251 e. The maximum absolute atomic E-state index is 13.1. The summed E-state index contributed by atoms with van der Waals surface area (Å²) in [5.41, 5.74) is 2.48. The number of amides is 2. The van der Waals surface area contributed by atoms with E-state index in [4.69, 9.17) is 11.6 Å². The van der Waals surface area contributed by atoms with E-state index in [0.29, 0.717) is 20.7 Å². The van der Waals surface area contributed by atoms with Crippen LogP contribution in [0.3, 0.4) is 0 Å². The Labute approximate surface area is 203 Å². The van der Waals surface area contributed by atoms with Crippen LogP contribution in [-0.4, -0.2) is 28.1 Å². The highest BCUT2D eigenvalue weighted by molar-refractivity contribution is 7.18. The molecule has 0 saturated carbocycles. The molecule has 2 atom stereocenters. The lowest BCUT2D eigenvalue weighted by atomic mass is 9.86. The minimum atomic E-state index is -0.705. The van der Waals surface area contributed by atoms with Gasteiger partial charge < -0.3 is 5.32 Å². The molecular weight excluding hydrogens is 456 g/mol. The standard InChI is InChI=1S/C25H29ClN4O2S/c1-6-15(2)20(27-21(31)16-10-12-18(13-11-16)25(3,4)5)22(32)28-24-30-29-23(33-24)17-8-7-9-19(26)14-17/h7-15,20H,6H2,1-5H3,(H,27,31)(H,28,30,32)/t15-,20+/m1/s1. The van der Waals surface area contributed by atoms with Crippen molar-refractivity contribution in [1.82, 2.24) is 15.5 Å². The van der Waals surface area contributed by atoms with Gasteiger partial charge >= 0.3 is 0 Å². The third-order valence-corrected chi connectivity index (χ3v) is 6.64. The lowest BCUT2D eigenvalue weighted by Gasteiger charge is -2.23. The quantitative estimate of drug-likeness (QED) is 0.434. The first-order valence-electron chi connectivity index (χ1n) is 10.9. The third kappa shape index (κ3) is 6.39. The second kappa shape index (κ2) is 10.4. The number of carbonyl (C=O) groups excluding carboxylic acids is 2. The summed E-state index contributed by atoms with van der Waals surface area (Å²) in [7, 11) is 0. The molecule has 2 N–H and O–H groups in total. The molecule has 0 aliphatic carbocycles. The van der Waals surface area contributed by atoms with Gasteiger partial charge in [-0.1, -0.05) is 88.2 Å². The van der Waals surface area contributed by atoms with Crippen LogP contribution in [0.25, 0.3) is 10.6 Å². The zero-order valence-corrected chi connectivity index (χ0v) is 21.1. The van der Waals surface area contributed by atoms with Gasteiger partial charge in [0.15, 0.2) is 0 Å². The Hall–Kier alpha value is -2.77. The molecule has 6 nitrogen and oxygen atoms in total. The number of rotatable bonds is 7. The molecular formula is C25H29ClN4O2S. The normalized spacial score (nSPS) is 13.3. The van der Waals surface area contributed by atoms with Crippen molar-refractivity contribution in [3.63, 3.8) is 0 Å². The first-order valence-corrected chi connectivity index (χ1v) is 12.1. The molecule has 2 amide bonds. The Bertz CT molecular complexity index is 1120. The van der Waals surface area contributed by atoms with Crippen molar-refractivity contribution in [2.75, 3.05) is 5.32 Å². The average molecular weight is 485 g/mol. The SMILES string of the molecule is CC[C@@H](C)[C@H](NC(=O)c1ccc(C(C)(C)C)cc1)C(=O)Nc1nnc(-c2cccc(Cl)c2)s1. The van der Waals surface area contributed by atoms with Gasteiger partial charge in [-0.25, -0.2) is 0 Å². The molecule has 8 heteroatoms. The molecule has 0 radical (unpaired) electrons. The second-order valence-corrected chi connectivity index (χ2v) is 10.5. The fraction of sp³-hybridized carbons (Fsp3) is 0.360. The van der Waals surface area contributed by atoms with Gasteiger partial charge in [-0.2, -0.15) is 0 Å². The number of carbonyl (C=O) groups is 2. The van der Waals surface area contributed by atoms with Crippen molar-refractivity contribution in [3.8, 4) is 10.6 Å². The van der Waals surface area contributed by atoms with E-state index in [-0.39, 0.29) is 23.1 Å². The largest absolute Gasteiger partial charge is 0.340 e. The van der Waals surface area contributed by atoms with Crippen molar-refractivity contribution >= 4 is 39.9 Å². The van der Waals surface area contributed by atoms with E-state index in [1.54, 1.807) is 24.3 Å². The predicted octanol–water partition coefficient (Wildman–Crippen LogP) is 5.94. The Morgan fingerprint density at radius 2 is 1.79 bits per heavy atom. The topological polar surface area (TPSA) is 84.0 Å². The van der Waals surface area contributed by atoms with Crippen molar-refractivity contribution in [2.45, 2.75) is 52.5 Å². The Balaban J connectivity index is 1.72. The number of hydrogen-bond donors (Lipinski definition) is 2. The first-order chi connectivity index (χ1) is 15.6. The average Bonchev–Trinajstić information content (AvgIpc) is 3.24. The van der Waals surface area contributed by atoms with Gasteiger partial charge in [0.05, 0.1) is 0 Å². The minimum Gasteiger partial charge on any atom is -0.340 e. The van der Waals surface area contributed by atoms with Crippen LogP contribution in [0, 0.1) is 5.92 Å². The molecule has 2 aromatic carbocycles. The van der Waals surface area contributed by atoms with Crippen LogP contribution in [0.15, 0.2) is 48.5 Å². The van der Waals surface area contributed by atoms with Gasteiger partial charge in [0.1, 0.15) is 11.0 Å². The smallest absolute Gasteiger partial charge is 0.251 e. The summed E-state index contributed by atoms with van der Waals surface area (Å²) in [5.74, 6) is -0.672. The van der Waals surface area contributed by atoms with E-state index in [1.165, 1.54) is 11.3 Å². The van der Waals surface area contributed by atoms with Crippen molar-refractivity contribution in [1.29, 1.82) is 0 Å². The fourth-order valence-corrected chi connectivity index (χ4v) is 4.18. The van der Waals surface area contributed by atoms with E-state index in [9.17, 15) is 9.59 Å². The number of aromatic nitrogens is 2. The number of halogens is 1. The van der Waals surface area contributed by atoms with Gasteiger partial charge in [-0.15, -0.1) is 10.2 Å². The molecule has 3 rings (SSSR count).